The molecular formula is C22H37FIN5O. The monoisotopic (exact) mass is 533 g/mol. The maximum atomic E-state index is 13.4. The number of ether oxygens (including phenoxy) is 1. The fourth-order valence-electron chi connectivity index (χ4n) is 4.12. The fourth-order valence-corrected chi connectivity index (χ4v) is 4.12. The van der Waals surface area contributed by atoms with Crippen molar-refractivity contribution in [3.63, 3.8) is 0 Å². The van der Waals surface area contributed by atoms with E-state index in [0.29, 0.717) is 0 Å². The number of unbranched alkanes of at least 4 members (excludes halogenated alkanes) is 1. The van der Waals surface area contributed by atoms with Crippen molar-refractivity contribution < 1.29 is 9.13 Å². The van der Waals surface area contributed by atoms with Gasteiger partial charge in [0.1, 0.15) is 5.82 Å². The third-order valence-electron chi connectivity index (χ3n) is 5.82. The minimum Gasteiger partial charge on any atom is -0.379 e. The molecule has 2 fully saturated rings. The molecule has 0 bridgehead atoms. The molecule has 0 aliphatic carbocycles. The highest BCUT2D eigenvalue weighted by Gasteiger charge is 2.23. The molecule has 1 atom stereocenters. The van der Waals surface area contributed by atoms with E-state index < -0.39 is 0 Å². The SMILES string of the molecule is CN=C(NCCCCN1CCCC1)NCC(c1ccc(F)cc1)N1CCOCC1.I. The van der Waals surface area contributed by atoms with Crippen molar-refractivity contribution in [2.24, 2.45) is 4.99 Å². The van der Waals surface area contributed by atoms with E-state index in [0.717, 1.165) is 57.3 Å². The van der Waals surface area contributed by atoms with Gasteiger partial charge in [-0.3, -0.25) is 9.89 Å². The summed E-state index contributed by atoms with van der Waals surface area (Å²) in [5.41, 5.74) is 1.11. The van der Waals surface area contributed by atoms with E-state index in [2.05, 4.69) is 25.4 Å². The summed E-state index contributed by atoms with van der Waals surface area (Å²) in [5.74, 6) is 0.625. The second-order valence-electron chi connectivity index (χ2n) is 7.85. The van der Waals surface area contributed by atoms with Crippen molar-refractivity contribution in [3.8, 4) is 0 Å². The lowest BCUT2D eigenvalue weighted by Gasteiger charge is -2.35. The topological polar surface area (TPSA) is 52.1 Å². The lowest BCUT2D eigenvalue weighted by molar-refractivity contribution is 0.0170. The van der Waals surface area contributed by atoms with Gasteiger partial charge in [0.05, 0.1) is 19.3 Å². The third-order valence-corrected chi connectivity index (χ3v) is 5.82. The van der Waals surface area contributed by atoms with Crippen LogP contribution < -0.4 is 10.6 Å². The molecule has 0 radical (unpaired) electrons. The number of guanidine groups is 1. The average Bonchev–Trinajstić information content (AvgIpc) is 3.27. The predicted octanol–water partition coefficient (Wildman–Crippen LogP) is 2.86. The van der Waals surface area contributed by atoms with Crippen LogP contribution in [0.5, 0.6) is 0 Å². The smallest absolute Gasteiger partial charge is 0.191 e. The number of morpholine rings is 1. The van der Waals surface area contributed by atoms with Gasteiger partial charge in [-0.15, -0.1) is 24.0 Å². The minimum atomic E-state index is -0.200. The zero-order valence-corrected chi connectivity index (χ0v) is 20.4. The van der Waals surface area contributed by atoms with Crippen LogP contribution in [0.3, 0.4) is 0 Å². The van der Waals surface area contributed by atoms with Gasteiger partial charge in [0.25, 0.3) is 0 Å². The first-order chi connectivity index (χ1) is 14.3. The molecule has 0 saturated carbocycles. The van der Waals surface area contributed by atoms with Crippen LogP contribution in [0.1, 0.15) is 37.3 Å². The molecule has 1 unspecified atom stereocenters. The van der Waals surface area contributed by atoms with Crippen LogP contribution in [0.4, 0.5) is 4.39 Å². The molecule has 0 amide bonds. The molecule has 0 aromatic heterocycles. The Hall–Kier alpha value is -0.970. The van der Waals surface area contributed by atoms with Crippen molar-refractivity contribution in [1.29, 1.82) is 0 Å². The molecule has 2 aliphatic rings. The highest BCUT2D eigenvalue weighted by Crippen LogP contribution is 2.21. The molecule has 2 saturated heterocycles. The average molecular weight is 533 g/mol. The number of hydrogen-bond acceptors (Lipinski definition) is 4. The first-order valence-corrected chi connectivity index (χ1v) is 11.0. The molecule has 30 heavy (non-hydrogen) atoms. The van der Waals surface area contributed by atoms with Crippen LogP contribution in [-0.2, 0) is 4.74 Å². The van der Waals surface area contributed by atoms with Crippen LogP contribution >= 0.6 is 24.0 Å². The second-order valence-corrected chi connectivity index (χ2v) is 7.85. The summed E-state index contributed by atoms with van der Waals surface area (Å²) in [6.45, 7) is 8.62. The summed E-state index contributed by atoms with van der Waals surface area (Å²) in [7, 11) is 1.81. The molecule has 3 rings (SSSR count). The number of aliphatic imine (C=N–C) groups is 1. The number of nitrogens with zero attached hydrogens (tertiary/aromatic N) is 3. The Morgan fingerprint density at radius 2 is 1.77 bits per heavy atom. The van der Waals surface area contributed by atoms with E-state index in [9.17, 15) is 4.39 Å². The number of benzene rings is 1. The van der Waals surface area contributed by atoms with Crippen LogP contribution in [-0.4, -0.2) is 81.8 Å². The molecule has 2 aliphatic heterocycles. The maximum Gasteiger partial charge on any atom is 0.191 e. The Bertz CT molecular complexity index is 618. The zero-order valence-electron chi connectivity index (χ0n) is 18.1. The van der Waals surface area contributed by atoms with Gasteiger partial charge in [0.2, 0.25) is 0 Å². The largest absolute Gasteiger partial charge is 0.379 e. The number of nitrogens with one attached hydrogen (secondary N) is 2. The van der Waals surface area contributed by atoms with Gasteiger partial charge >= 0.3 is 0 Å². The summed E-state index contributed by atoms with van der Waals surface area (Å²) < 4.78 is 18.9. The van der Waals surface area contributed by atoms with Crippen LogP contribution in [0.25, 0.3) is 0 Å². The second kappa shape index (κ2) is 14.2. The Labute approximate surface area is 197 Å². The molecule has 1 aromatic rings. The summed E-state index contributed by atoms with van der Waals surface area (Å²) in [5, 5.41) is 6.90. The highest BCUT2D eigenvalue weighted by atomic mass is 127. The number of hydrogen-bond donors (Lipinski definition) is 2. The van der Waals surface area contributed by atoms with E-state index in [1.807, 2.05) is 12.1 Å². The van der Waals surface area contributed by atoms with E-state index in [-0.39, 0.29) is 35.8 Å². The fraction of sp³-hybridized carbons (Fsp3) is 0.682. The molecule has 6 nitrogen and oxygen atoms in total. The molecule has 0 spiro atoms. The van der Waals surface area contributed by atoms with Crippen molar-refractivity contribution in [3.05, 3.63) is 35.6 Å². The Balaban J connectivity index is 0.00000320. The van der Waals surface area contributed by atoms with E-state index in [1.54, 1.807) is 7.05 Å². The zero-order chi connectivity index (χ0) is 20.3. The molecule has 2 N–H and O–H groups in total. The summed E-state index contributed by atoms with van der Waals surface area (Å²) in [4.78, 5) is 9.32. The van der Waals surface area contributed by atoms with Crippen molar-refractivity contribution in [2.75, 3.05) is 66.1 Å². The van der Waals surface area contributed by atoms with Gasteiger partial charge in [-0.2, -0.15) is 0 Å². The normalized spacial score (nSPS) is 19.3. The predicted molar refractivity (Wildman–Crippen MR) is 131 cm³/mol. The molecule has 170 valence electrons. The van der Waals surface area contributed by atoms with Crippen molar-refractivity contribution in [1.82, 2.24) is 20.4 Å². The number of likely N-dealkylation sites (tertiary alicyclic amines) is 1. The highest BCUT2D eigenvalue weighted by molar-refractivity contribution is 14.0. The van der Waals surface area contributed by atoms with Gasteiger partial charge in [-0.25, -0.2) is 4.39 Å². The van der Waals surface area contributed by atoms with E-state index >= 15 is 0 Å². The van der Waals surface area contributed by atoms with Crippen molar-refractivity contribution in [2.45, 2.75) is 31.7 Å². The Morgan fingerprint density at radius 1 is 1.07 bits per heavy atom. The van der Waals surface area contributed by atoms with Crippen LogP contribution in [0.2, 0.25) is 0 Å². The van der Waals surface area contributed by atoms with Gasteiger partial charge in [0.15, 0.2) is 5.96 Å². The Morgan fingerprint density at radius 3 is 2.43 bits per heavy atom. The minimum absolute atomic E-state index is 0. The Kier molecular flexibility index (Phi) is 11.9. The van der Waals surface area contributed by atoms with Gasteiger partial charge in [0, 0.05) is 33.2 Å². The van der Waals surface area contributed by atoms with Gasteiger partial charge in [-0.05, 0) is 63.0 Å². The maximum absolute atomic E-state index is 13.4. The number of rotatable bonds is 9. The van der Waals surface area contributed by atoms with Crippen LogP contribution in [0, 0.1) is 5.82 Å². The first-order valence-electron chi connectivity index (χ1n) is 11.0. The molecule has 2 heterocycles. The quantitative estimate of drug-likeness (QED) is 0.221. The summed E-state index contributed by atoms with van der Waals surface area (Å²) in [6.07, 6.45) is 5.07. The molecule has 8 heteroatoms. The van der Waals surface area contributed by atoms with Gasteiger partial charge < -0.3 is 20.3 Å². The van der Waals surface area contributed by atoms with Crippen molar-refractivity contribution >= 4 is 29.9 Å². The standard InChI is InChI=1S/C22H36FN5O.HI/c1-24-22(25-10-2-3-11-27-12-4-5-13-27)26-18-21(28-14-16-29-17-15-28)19-6-8-20(23)9-7-19;/h6-9,21H,2-5,10-18H2,1H3,(H2,24,25,26);1H. The lowest BCUT2D eigenvalue weighted by Crippen LogP contribution is -2.46. The van der Waals surface area contributed by atoms with E-state index in [1.165, 1.54) is 51.0 Å². The summed E-state index contributed by atoms with van der Waals surface area (Å²) in [6, 6.07) is 7.00. The van der Waals surface area contributed by atoms with Gasteiger partial charge in [-0.1, -0.05) is 12.1 Å². The third kappa shape index (κ3) is 8.28. The lowest BCUT2D eigenvalue weighted by atomic mass is 10.0. The molecule has 1 aromatic carbocycles. The summed E-state index contributed by atoms with van der Waals surface area (Å²) >= 11 is 0. The van der Waals surface area contributed by atoms with Crippen LogP contribution in [0.15, 0.2) is 29.3 Å². The van der Waals surface area contributed by atoms with E-state index in [4.69, 9.17) is 4.74 Å². The first kappa shape index (κ1) is 25.3. The number of halogens is 2. The molecular weight excluding hydrogens is 496 g/mol.